The minimum absolute atomic E-state index is 0. The Morgan fingerprint density at radius 2 is 2.07 bits per heavy atom. The number of pyridine rings is 1. The van der Waals surface area contributed by atoms with Gasteiger partial charge < -0.3 is 16.0 Å². The molecule has 1 amide bonds. The number of nitrogens with zero attached hydrogens (tertiary/aromatic N) is 2. The fraction of sp³-hybridized carbons (Fsp3) is 0.350. The van der Waals surface area contributed by atoms with Crippen LogP contribution in [0, 0.1) is 6.92 Å². The summed E-state index contributed by atoms with van der Waals surface area (Å²) in [5.74, 6) is 0.919. The van der Waals surface area contributed by atoms with Crippen molar-refractivity contribution in [2.45, 2.75) is 32.7 Å². The predicted molar refractivity (Wildman–Crippen MR) is 120 cm³/mol. The molecule has 1 unspecified atom stereocenters. The summed E-state index contributed by atoms with van der Waals surface area (Å²) in [6.45, 7) is 6.01. The maximum Gasteiger partial charge on any atom is 0.225 e. The number of aromatic nitrogens is 1. The standard InChI is InChI=1S/C20H25N5O.HI/c1-3-21-20(24-13-18-14(2)7-6-10-22-18)23-12-15-11-19(26)25-17-9-5-4-8-16(15)17;/h4-10,15H,3,11-13H2,1-2H3,(H,25,26)(H2,21,23,24);1H. The Hall–Kier alpha value is -2.16. The second kappa shape index (κ2) is 10.2. The lowest BCUT2D eigenvalue weighted by Gasteiger charge is -2.26. The Kier molecular flexibility index (Phi) is 8.02. The Morgan fingerprint density at radius 3 is 2.85 bits per heavy atom. The highest BCUT2D eigenvalue weighted by molar-refractivity contribution is 14.0. The molecular formula is C20H26IN5O. The first-order valence-corrected chi connectivity index (χ1v) is 8.98. The van der Waals surface area contributed by atoms with Crippen molar-refractivity contribution < 1.29 is 4.79 Å². The van der Waals surface area contributed by atoms with Gasteiger partial charge in [-0.05, 0) is 37.1 Å². The van der Waals surface area contributed by atoms with E-state index in [9.17, 15) is 4.79 Å². The van der Waals surface area contributed by atoms with Gasteiger partial charge in [-0.15, -0.1) is 24.0 Å². The zero-order valence-electron chi connectivity index (χ0n) is 15.7. The van der Waals surface area contributed by atoms with Crippen molar-refractivity contribution in [2.24, 2.45) is 4.99 Å². The molecule has 3 rings (SSSR count). The summed E-state index contributed by atoms with van der Waals surface area (Å²) in [6, 6.07) is 11.9. The molecule has 0 fully saturated rings. The van der Waals surface area contributed by atoms with Crippen LogP contribution >= 0.6 is 24.0 Å². The second-order valence-corrected chi connectivity index (χ2v) is 6.38. The molecule has 2 aromatic rings. The van der Waals surface area contributed by atoms with Crippen LogP contribution in [-0.4, -0.2) is 29.9 Å². The largest absolute Gasteiger partial charge is 0.357 e. The molecule has 1 aliphatic rings. The van der Waals surface area contributed by atoms with E-state index < -0.39 is 0 Å². The highest BCUT2D eigenvalue weighted by Crippen LogP contribution is 2.31. The van der Waals surface area contributed by atoms with Gasteiger partial charge in [-0.1, -0.05) is 24.3 Å². The number of carbonyl (C=O) groups is 1. The van der Waals surface area contributed by atoms with Crippen LogP contribution in [0.15, 0.2) is 47.6 Å². The molecule has 27 heavy (non-hydrogen) atoms. The van der Waals surface area contributed by atoms with Gasteiger partial charge in [-0.25, -0.2) is 4.99 Å². The van der Waals surface area contributed by atoms with E-state index in [0.717, 1.165) is 35.0 Å². The molecule has 0 bridgehead atoms. The lowest BCUT2D eigenvalue weighted by Crippen LogP contribution is -2.40. The SMILES string of the molecule is CCNC(=NCc1ncccc1C)NCC1CC(=O)Nc2ccccc21.I. The second-order valence-electron chi connectivity index (χ2n) is 6.38. The summed E-state index contributed by atoms with van der Waals surface area (Å²) >= 11 is 0. The highest BCUT2D eigenvalue weighted by atomic mass is 127. The lowest BCUT2D eigenvalue weighted by molar-refractivity contribution is -0.116. The average molecular weight is 479 g/mol. The highest BCUT2D eigenvalue weighted by Gasteiger charge is 2.24. The number of aliphatic imine (C=N–C) groups is 1. The van der Waals surface area contributed by atoms with Crippen molar-refractivity contribution in [1.82, 2.24) is 15.6 Å². The molecule has 1 aliphatic heterocycles. The van der Waals surface area contributed by atoms with Crippen LogP contribution in [0.4, 0.5) is 5.69 Å². The van der Waals surface area contributed by atoms with Gasteiger partial charge in [0.15, 0.2) is 5.96 Å². The summed E-state index contributed by atoms with van der Waals surface area (Å²) in [6.07, 6.45) is 2.26. The fourth-order valence-corrected chi connectivity index (χ4v) is 3.08. The van der Waals surface area contributed by atoms with Gasteiger partial charge in [0.25, 0.3) is 0 Å². The maximum atomic E-state index is 12.0. The Morgan fingerprint density at radius 1 is 1.26 bits per heavy atom. The van der Waals surface area contributed by atoms with Crippen molar-refractivity contribution in [3.63, 3.8) is 0 Å². The van der Waals surface area contributed by atoms with Crippen LogP contribution in [0.3, 0.4) is 0 Å². The third-order valence-corrected chi connectivity index (χ3v) is 4.47. The molecule has 1 aromatic carbocycles. The van der Waals surface area contributed by atoms with Gasteiger partial charge in [0.05, 0.1) is 12.2 Å². The number of guanidine groups is 1. The fourth-order valence-electron chi connectivity index (χ4n) is 3.08. The van der Waals surface area contributed by atoms with Crippen LogP contribution in [-0.2, 0) is 11.3 Å². The number of aryl methyl sites for hydroxylation is 1. The zero-order chi connectivity index (χ0) is 18.4. The number of para-hydroxylation sites is 1. The number of rotatable bonds is 5. The normalized spacial score (nSPS) is 16.0. The number of hydrogen-bond donors (Lipinski definition) is 3. The van der Waals surface area contributed by atoms with Crippen LogP contribution in [0.2, 0.25) is 0 Å². The summed E-state index contributed by atoms with van der Waals surface area (Å²) in [5, 5.41) is 9.56. The van der Waals surface area contributed by atoms with E-state index in [1.807, 2.05) is 44.2 Å². The van der Waals surface area contributed by atoms with Gasteiger partial charge in [0, 0.05) is 37.3 Å². The van der Waals surface area contributed by atoms with Crippen molar-refractivity contribution in [3.8, 4) is 0 Å². The third-order valence-electron chi connectivity index (χ3n) is 4.47. The number of hydrogen-bond acceptors (Lipinski definition) is 3. The monoisotopic (exact) mass is 479 g/mol. The van der Waals surface area contributed by atoms with Gasteiger partial charge >= 0.3 is 0 Å². The minimum Gasteiger partial charge on any atom is -0.357 e. The van der Waals surface area contributed by atoms with Crippen LogP contribution in [0.1, 0.15) is 36.1 Å². The first-order chi connectivity index (χ1) is 12.7. The molecular weight excluding hydrogens is 453 g/mol. The molecule has 144 valence electrons. The van der Waals surface area contributed by atoms with E-state index >= 15 is 0 Å². The van der Waals surface area contributed by atoms with Crippen LogP contribution < -0.4 is 16.0 Å². The molecule has 6 nitrogen and oxygen atoms in total. The van der Waals surface area contributed by atoms with Crippen molar-refractivity contribution in [3.05, 3.63) is 59.4 Å². The quantitative estimate of drug-likeness (QED) is 0.350. The minimum atomic E-state index is 0. The summed E-state index contributed by atoms with van der Waals surface area (Å²) in [7, 11) is 0. The van der Waals surface area contributed by atoms with Gasteiger partial charge in [-0.2, -0.15) is 0 Å². The molecule has 7 heteroatoms. The lowest BCUT2D eigenvalue weighted by atomic mass is 9.90. The van der Waals surface area contributed by atoms with E-state index in [1.165, 1.54) is 0 Å². The molecule has 0 saturated heterocycles. The number of nitrogens with one attached hydrogen (secondary N) is 3. The molecule has 0 spiro atoms. The molecule has 0 saturated carbocycles. The van der Waals surface area contributed by atoms with Crippen LogP contribution in [0.25, 0.3) is 0 Å². The molecule has 1 aromatic heterocycles. The smallest absolute Gasteiger partial charge is 0.225 e. The van der Waals surface area contributed by atoms with E-state index in [4.69, 9.17) is 0 Å². The average Bonchev–Trinajstić information content (AvgIpc) is 2.64. The summed E-state index contributed by atoms with van der Waals surface area (Å²) in [4.78, 5) is 21.0. The first-order valence-electron chi connectivity index (χ1n) is 8.98. The predicted octanol–water partition coefficient (Wildman–Crippen LogP) is 3.19. The number of carbonyl (C=O) groups excluding carboxylic acids is 1. The molecule has 1 atom stereocenters. The topological polar surface area (TPSA) is 78.4 Å². The molecule has 0 aliphatic carbocycles. The summed E-state index contributed by atoms with van der Waals surface area (Å²) in [5.41, 5.74) is 4.16. The number of fused-ring (bicyclic) bond motifs is 1. The summed E-state index contributed by atoms with van der Waals surface area (Å²) < 4.78 is 0. The Labute approximate surface area is 177 Å². The van der Waals surface area contributed by atoms with E-state index in [1.54, 1.807) is 6.20 Å². The van der Waals surface area contributed by atoms with Crippen molar-refractivity contribution in [1.29, 1.82) is 0 Å². The Balaban J connectivity index is 0.00000261. The third kappa shape index (κ3) is 5.66. The van der Waals surface area contributed by atoms with Crippen molar-refractivity contribution in [2.75, 3.05) is 18.4 Å². The van der Waals surface area contributed by atoms with Crippen molar-refractivity contribution >= 4 is 41.5 Å². The van der Waals surface area contributed by atoms with E-state index in [2.05, 4.69) is 32.0 Å². The number of halogens is 1. The maximum absolute atomic E-state index is 12.0. The van der Waals surface area contributed by atoms with Gasteiger partial charge in [-0.3, -0.25) is 9.78 Å². The number of amides is 1. The molecule has 2 heterocycles. The van der Waals surface area contributed by atoms with E-state index in [-0.39, 0.29) is 35.8 Å². The van der Waals surface area contributed by atoms with E-state index in [0.29, 0.717) is 19.5 Å². The van der Waals surface area contributed by atoms with Gasteiger partial charge in [0.1, 0.15) is 0 Å². The first kappa shape index (κ1) is 21.1. The molecule has 0 radical (unpaired) electrons. The zero-order valence-corrected chi connectivity index (χ0v) is 18.0. The number of benzene rings is 1. The van der Waals surface area contributed by atoms with Gasteiger partial charge in [0.2, 0.25) is 5.91 Å². The number of anilines is 1. The molecule has 3 N–H and O–H groups in total. The van der Waals surface area contributed by atoms with Crippen LogP contribution in [0.5, 0.6) is 0 Å². The Bertz CT molecular complexity index is 808.